The Kier molecular flexibility index (Phi) is 3.12. The number of pyridine rings is 1. The number of hydrogen-bond donors (Lipinski definition) is 2. The predicted molar refractivity (Wildman–Crippen MR) is 76.6 cm³/mol. The lowest BCUT2D eigenvalue weighted by Gasteiger charge is -2.06. The molecule has 0 bridgehead atoms. The third-order valence-corrected chi connectivity index (χ3v) is 3.35. The molecule has 0 radical (unpaired) electrons. The fourth-order valence-electron chi connectivity index (χ4n) is 2.05. The van der Waals surface area contributed by atoms with Crippen LogP contribution in [-0.4, -0.2) is 15.2 Å². The standard InChI is InChI=1S/C14H10ClFN4/c15-12-9(4-1-5-10(12)16)13-11(14(17)20-19-13)8-3-2-6-18-7-8/h1-7H,(H3,17,19,20). The smallest absolute Gasteiger partial charge is 0.153 e. The first-order valence-corrected chi connectivity index (χ1v) is 6.25. The summed E-state index contributed by atoms with van der Waals surface area (Å²) in [6, 6.07) is 8.23. The highest BCUT2D eigenvalue weighted by Crippen LogP contribution is 2.38. The van der Waals surface area contributed by atoms with Crippen molar-refractivity contribution in [2.75, 3.05) is 5.73 Å². The van der Waals surface area contributed by atoms with Crippen LogP contribution in [0.25, 0.3) is 22.4 Å². The van der Waals surface area contributed by atoms with Crippen LogP contribution in [-0.2, 0) is 0 Å². The number of nitrogen functional groups attached to an aromatic ring is 1. The SMILES string of the molecule is Nc1n[nH]c(-c2cccc(F)c2Cl)c1-c1cccnc1. The number of nitrogens with zero attached hydrogens (tertiary/aromatic N) is 2. The molecule has 20 heavy (non-hydrogen) atoms. The van der Waals surface area contributed by atoms with Gasteiger partial charge in [0.15, 0.2) is 5.82 Å². The van der Waals surface area contributed by atoms with E-state index in [2.05, 4.69) is 15.2 Å². The van der Waals surface area contributed by atoms with Crippen molar-refractivity contribution in [3.63, 3.8) is 0 Å². The summed E-state index contributed by atoms with van der Waals surface area (Å²) in [5.74, 6) is -0.178. The van der Waals surface area contributed by atoms with Crippen LogP contribution in [0.5, 0.6) is 0 Å². The van der Waals surface area contributed by atoms with Crippen molar-refractivity contribution < 1.29 is 4.39 Å². The van der Waals surface area contributed by atoms with Gasteiger partial charge in [-0.3, -0.25) is 10.1 Å². The Labute approximate surface area is 119 Å². The van der Waals surface area contributed by atoms with Crippen molar-refractivity contribution in [3.8, 4) is 22.4 Å². The minimum Gasteiger partial charge on any atom is -0.382 e. The fourth-order valence-corrected chi connectivity index (χ4v) is 2.27. The lowest BCUT2D eigenvalue weighted by atomic mass is 10.0. The Bertz CT molecular complexity index is 755. The van der Waals surface area contributed by atoms with Crippen LogP contribution in [0.3, 0.4) is 0 Å². The van der Waals surface area contributed by atoms with E-state index in [1.807, 2.05) is 6.07 Å². The van der Waals surface area contributed by atoms with Gasteiger partial charge in [-0.2, -0.15) is 5.10 Å². The first-order chi connectivity index (χ1) is 9.68. The molecule has 0 spiro atoms. The second-order valence-corrected chi connectivity index (χ2v) is 4.58. The van der Waals surface area contributed by atoms with Gasteiger partial charge < -0.3 is 5.73 Å². The number of rotatable bonds is 2. The van der Waals surface area contributed by atoms with E-state index < -0.39 is 5.82 Å². The van der Waals surface area contributed by atoms with E-state index in [9.17, 15) is 4.39 Å². The molecular formula is C14H10ClFN4. The summed E-state index contributed by atoms with van der Waals surface area (Å²) in [4.78, 5) is 4.05. The Morgan fingerprint density at radius 3 is 2.80 bits per heavy atom. The number of anilines is 1. The number of aromatic nitrogens is 3. The summed E-state index contributed by atoms with van der Waals surface area (Å²) in [7, 11) is 0. The maximum absolute atomic E-state index is 13.6. The van der Waals surface area contributed by atoms with Crippen LogP contribution >= 0.6 is 11.6 Å². The molecule has 3 rings (SSSR count). The molecule has 1 aromatic carbocycles. The number of hydrogen-bond acceptors (Lipinski definition) is 3. The summed E-state index contributed by atoms with van der Waals surface area (Å²) in [6.45, 7) is 0. The van der Waals surface area contributed by atoms with Crippen molar-refractivity contribution in [1.82, 2.24) is 15.2 Å². The Balaban J connectivity index is 2.24. The van der Waals surface area contributed by atoms with E-state index >= 15 is 0 Å². The van der Waals surface area contributed by atoms with E-state index in [0.29, 0.717) is 22.6 Å². The van der Waals surface area contributed by atoms with E-state index in [4.69, 9.17) is 17.3 Å². The van der Waals surface area contributed by atoms with Gasteiger partial charge in [-0.05, 0) is 12.1 Å². The average Bonchev–Trinajstić information content (AvgIpc) is 2.84. The van der Waals surface area contributed by atoms with Crippen molar-refractivity contribution in [1.29, 1.82) is 0 Å². The molecule has 2 aromatic heterocycles. The number of nitrogens with two attached hydrogens (primary N) is 1. The Morgan fingerprint density at radius 1 is 1.20 bits per heavy atom. The van der Waals surface area contributed by atoms with Crippen LogP contribution < -0.4 is 5.73 Å². The van der Waals surface area contributed by atoms with Crippen molar-refractivity contribution in [3.05, 3.63) is 53.6 Å². The molecule has 100 valence electrons. The monoisotopic (exact) mass is 288 g/mol. The minimum atomic E-state index is -0.491. The topological polar surface area (TPSA) is 67.6 Å². The van der Waals surface area contributed by atoms with E-state index in [0.717, 1.165) is 5.56 Å². The third kappa shape index (κ3) is 2.02. The third-order valence-electron chi connectivity index (χ3n) is 2.97. The highest BCUT2D eigenvalue weighted by atomic mass is 35.5. The van der Waals surface area contributed by atoms with Crippen LogP contribution in [0.4, 0.5) is 10.2 Å². The second kappa shape index (κ2) is 4.94. The van der Waals surface area contributed by atoms with E-state index in [-0.39, 0.29) is 5.02 Å². The van der Waals surface area contributed by atoms with Crippen LogP contribution in [0, 0.1) is 5.82 Å². The molecule has 0 fully saturated rings. The first kappa shape index (κ1) is 12.6. The summed E-state index contributed by atoms with van der Waals surface area (Å²) >= 11 is 6.02. The Morgan fingerprint density at radius 2 is 2.05 bits per heavy atom. The Hall–Kier alpha value is -2.40. The maximum Gasteiger partial charge on any atom is 0.153 e. The normalized spacial score (nSPS) is 10.7. The molecule has 0 aliphatic heterocycles. The van der Waals surface area contributed by atoms with Gasteiger partial charge in [0, 0.05) is 23.5 Å². The molecule has 0 unspecified atom stereocenters. The van der Waals surface area contributed by atoms with Crippen LogP contribution in [0.2, 0.25) is 5.02 Å². The molecule has 0 amide bonds. The summed E-state index contributed by atoms with van der Waals surface area (Å²) in [5, 5.41) is 6.82. The number of H-pyrrole nitrogens is 1. The fraction of sp³-hybridized carbons (Fsp3) is 0. The second-order valence-electron chi connectivity index (χ2n) is 4.20. The first-order valence-electron chi connectivity index (χ1n) is 5.87. The van der Waals surface area contributed by atoms with Gasteiger partial charge in [-0.15, -0.1) is 0 Å². The van der Waals surface area contributed by atoms with Gasteiger partial charge in [0.2, 0.25) is 0 Å². The van der Waals surface area contributed by atoms with Gasteiger partial charge in [-0.1, -0.05) is 29.8 Å². The molecule has 0 saturated carbocycles. The maximum atomic E-state index is 13.6. The van der Waals surface area contributed by atoms with Gasteiger partial charge in [-0.25, -0.2) is 4.39 Å². The molecule has 6 heteroatoms. The zero-order chi connectivity index (χ0) is 14.1. The van der Waals surface area contributed by atoms with Crippen molar-refractivity contribution in [2.45, 2.75) is 0 Å². The molecule has 0 aliphatic rings. The van der Waals surface area contributed by atoms with E-state index in [1.54, 1.807) is 30.6 Å². The largest absolute Gasteiger partial charge is 0.382 e. The number of aromatic amines is 1. The molecular weight excluding hydrogens is 279 g/mol. The highest BCUT2D eigenvalue weighted by Gasteiger charge is 2.18. The lowest BCUT2D eigenvalue weighted by molar-refractivity contribution is 0.628. The van der Waals surface area contributed by atoms with Gasteiger partial charge in [0.05, 0.1) is 16.3 Å². The van der Waals surface area contributed by atoms with Gasteiger partial charge >= 0.3 is 0 Å². The number of nitrogens with one attached hydrogen (secondary N) is 1. The molecule has 3 aromatic rings. The summed E-state index contributed by atoms with van der Waals surface area (Å²) < 4.78 is 13.6. The summed E-state index contributed by atoms with van der Waals surface area (Å²) in [6.07, 6.45) is 3.33. The van der Waals surface area contributed by atoms with Gasteiger partial charge in [0.25, 0.3) is 0 Å². The molecule has 0 saturated heterocycles. The minimum absolute atomic E-state index is 0.0290. The molecule has 0 atom stereocenters. The van der Waals surface area contributed by atoms with Crippen molar-refractivity contribution in [2.24, 2.45) is 0 Å². The average molecular weight is 289 g/mol. The van der Waals surface area contributed by atoms with Crippen LogP contribution in [0.1, 0.15) is 0 Å². The quantitative estimate of drug-likeness (QED) is 0.758. The lowest BCUT2D eigenvalue weighted by Crippen LogP contribution is -1.90. The number of benzene rings is 1. The molecule has 2 heterocycles. The molecule has 4 nitrogen and oxygen atoms in total. The van der Waals surface area contributed by atoms with Crippen molar-refractivity contribution >= 4 is 17.4 Å². The summed E-state index contributed by atoms with van der Waals surface area (Å²) in [5.41, 5.74) is 8.41. The zero-order valence-electron chi connectivity index (χ0n) is 10.3. The van der Waals surface area contributed by atoms with Crippen LogP contribution in [0.15, 0.2) is 42.7 Å². The number of halogens is 2. The zero-order valence-corrected chi connectivity index (χ0v) is 11.0. The predicted octanol–water partition coefficient (Wildman–Crippen LogP) is 3.51. The molecule has 3 N–H and O–H groups in total. The van der Waals surface area contributed by atoms with E-state index in [1.165, 1.54) is 6.07 Å². The molecule has 0 aliphatic carbocycles. The highest BCUT2D eigenvalue weighted by molar-refractivity contribution is 6.33. The van der Waals surface area contributed by atoms with Gasteiger partial charge in [0.1, 0.15) is 5.82 Å².